The van der Waals surface area contributed by atoms with E-state index in [4.69, 9.17) is 16.3 Å². The molecule has 1 aromatic heterocycles. The Balaban J connectivity index is 1.57. The Hall–Kier alpha value is -2.92. The van der Waals surface area contributed by atoms with Gasteiger partial charge in [-0.05, 0) is 30.5 Å². The zero-order chi connectivity index (χ0) is 21.1. The smallest absolute Gasteiger partial charge is 0.317 e. The lowest BCUT2D eigenvalue weighted by atomic mass is 9.72. The van der Waals surface area contributed by atoms with Crippen LogP contribution in [0.15, 0.2) is 60.7 Å². The number of piperidine rings is 1. The predicted octanol–water partition coefficient (Wildman–Crippen LogP) is 4.51. The minimum absolute atomic E-state index is 0.0269. The van der Waals surface area contributed by atoms with Gasteiger partial charge in [0.1, 0.15) is 11.8 Å². The van der Waals surface area contributed by atoms with Gasteiger partial charge >= 0.3 is 5.97 Å². The number of carbonyl (C=O) groups excluding carboxylic acids is 2. The maximum atomic E-state index is 13.4. The van der Waals surface area contributed by atoms with E-state index in [0.29, 0.717) is 36.6 Å². The quantitative estimate of drug-likeness (QED) is 0.458. The summed E-state index contributed by atoms with van der Waals surface area (Å²) < 4.78 is 5.78. The van der Waals surface area contributed by atoms with Crippen LogP contribution in [0.5, 0.6) is 0 Å². The van der Waals surface area contributed by atoms with Crippen LogP contribution < -0.4 is 0 Å². The fraction of sp³-hybridized carbons (Fsp3) is 0.292. The monoisotopic (exact) mass is 422 g/mol. The first-order chi connectivity index (χ1) is 14.5. The summed E-state index contributed by atoms with van der Waals surface area (Å²) in [5.74, 6) is -0.264. The number of benzene rings is 2. The van der Waals surface area contributed by atoms with E-state index in [-0.39, 0.29) is 18.5 Å². The van der Waals surface area contributed by atoms with Crippen molar-refractivity contribution < 1.29 is 14.3 Å². The van der Waals surface area contributed by atoms with E-state index in [9.17, 15) is 9.59 Å². The predicted molar refractivity (Wildman–Crippen MR) is 116 cm³/mol. The van der Waals surface area contributed by atoms with Crippen LogP contribution in [-0.4, -0.2) is 34.8 Å². The van der Waals surface area contributed by atoms with E-state index in [2.05, 4.69) is 4.98 Å². The molecule has 1 fully saturated rings. The topological polar surface area (TPSA) is 59.5 Å². The van der Waals surface area contributed by atoms with Crippen LogP contribution in [0.4, 0.5) is 0 Å². The third kappa shape index (κ3) is 3.90. The number of carbonyl (C=O) groups is 2. The third-order valence-electron chi connectivity index (χ3n) is 5.89. The summed E-state index contributed by atoms with van der Waals surface area (Å²) in [6, 6.07) is 19.3. The van der Waals surface area contributed by atoms with Gasteiger partial charge in [0.2, 0.25) is 5.91 Å². The molecule has 3 aromatic rings. The molecule has 0 bridgehead atoms. The number of ether oxygens (including phenoxy) is 1. The van der Waals surface area contributed by atoms with Gasteiger partial charge in [0, 0.05) is 31.0 Å². The van der Waals surface area contributed by atoms with Crippen molar-refractivity contribution in [1.29, 1.82) is 0 Å². The minimum Gasteiger partial charge on any atom is -0.460 e. The Labute approximate surface area is 180 Å². The van der Waals surface area contributed by atoms with Crippen molar-refractivity contribution in [2.24, 2.45) is 0 Å². The van der Waals surface area contributed by atoms with Gasteiger partial charge in [-0.2, -0.15) is 0 Å². The Morgan fingerprint density at radius 2 is 1.73 bits per heavy atom. The molecule has 1 amide bonds. The lowest BCUT2D eigenvalue weighted by Gasteiger charge is -2.40. The maximum Gasteiger partial charge on any atom is 0.317 e. The molecule has 2 heterocycles. The number of likely N-dealkylation sites (tertiary alicyclic amines) is 1. The second-order valence-electron chi connectivity index (χ2n) is 7.66. The van der Waals surface area contributed by atoms with Crippen LogP contribution in [0.25, 0.3) is 10.9 Å². The zero-order valence-corrected chi connectivity index (χ0v) is 17.6. The molecule has 1 aliphatic heterocycles. The Morgan fingerprint density at radius 3 is 2.43 bits per heavy atom. The second-order valence-corrected chi connectivity index (χ2v) is 8.02. The van der Waals surface area contributed by atoms with Crippen LogP contribution in [0.2, 0.25) is 5.15 Å². The average molecular weight is 423 g/mol. The lowest BCUT2D eigenvalue weighted by molar-refractivity contribution is -0.155. The van der Waals surface area contributed by atoms with Crippen molar-refractivity contribution in [3.8, 4) is 0 Å². The lowest BCUT2D eigenvalue weighted by Crippen LogP contribution is -2.49. The zero-order valence-electron chi connectivity index (χ0n) is 16.8. The SMILES string of the molecule is CC(=O)N1CCC(C(=O)OCc2cc3ccccc3nc2Cl)(c2ccccc2)CC1. The fourth-order valence-corrected chi connectivity index (χ4v) is 4.29. The number of pyridine rings is 1. The van der Waals surface area contributed by atoms with Crippen molar-refractivity contribution >= 4 is 34.4 Å². The van der Waals surface area contributed by atoms with Gasteiger partial charge in [-0.25, -0.2) is 4.98 Å². The number of esters is 1. The van der Waals surface area contributed by atoms with Gasteiger partial charge in [-0.3, -0.25) is 9.59 Å². The molecule has 4 rings (SSSR count). The molecule has 0 spiro atoms. The van der Waals surface area contributed by atoms with Gasteiger partial charge in [-0.15, -0.1) is 0 Å². The Morgan fingerprint density at radius 1 is 1.07 bits per heavy atom. The summed E-state index contributed by atoms with van der Waals surface area (Å²) in [6.07, 6.45) is 1.05. The van der Waals surface area contributed by atoms with E-state index >= 15 is 0 Å². The van der Waals surface area contributed by atoms with Crippen LogP contribution in [-0.2, 0) is 26.3 Å². The molecular weight excluding hydrogens is 400 g/mol. The number of nitrogens with zero attached hydrogens (tertiary/aromatic N) is 2. The summed E-state index contributed by atoms with van der Waals surface area (Å²) >= 11 is 6.33. The largest absolute Gasteiger partial charge is 0.460 e. The first-order valence-corrected chi connectivity index (χ1v) is 10.4. The average Bonchev–Trinajstić information content (AvgIpc) is 2.78. The van der Waals surface area contributed by atoms with Crippen molar-refractivity contribution in [3.63, 3.8) is 0 Å². The molecule has 0 radical (unpaired) electrons. The molecule has 0 saturated carbocycles. The van der Waals surface area contributed by atoms with Crippen molar-refractivity contribution in [2.75, 3.05) is 13.1 Å². The molecule has 0 aliphatic carbocycles. The minimum atomic E-state index is -0.774. The van der Waals surface area contributed by atoms with Crippen molar-refractivity contribution in [1.82, 2.24) is 9.88 Å². The number of para-hydroxylation sites is 1. The third-order valence-corrected chi connectivity index (χ3v) is 6.22. The standard InChI is InChI=1S/C24H23ClN2O3/c1-17(28)27-13-11-24(12-14-27,20-8-3-2-4-9-20)23(29)30-16-19-15-18-7-5-6-10-21(18)26-22(19)25/h2-10,15H,11-14,16H2,1H3. The first-order valence-electron chi connectivity index (χ1n) is 10.0. The van der Waals surface area contributed by atoms with Crippen LogP contribution >= 0.6 is 11.6 Å². The number of fused-ring (bicyclic) bond motifs is 1. The molecule has 1 saturated heterocycles. The molecule has 154 valence electrons. The highest BCUT2D eigenvalue weighted by atomic mass is 35.5. The molecule has 0 N–H and O–H groups in total. The van der Waals surface area contributed by atoms with Crippen LogP contribution in [0.3, 0.4) is 0 Å². The molecule has 0 unspecified atom stereocenters. The summed E-state index contributed by atoms with van der Waals surface area (Å²) in [6.45, 7) is 2.66. The number of hydrogen-bond donors (Lipinski definition) is 0. The summed E-state index contributed by atoms with van der Waals surface area (Å²) in [5, 5.41) is 1.28. The van der Waals surface area contributed by atoms with E-state index < -0.39 is 5.41 Å². The molecule has 1 aliphatic rings. The summed E-state index contributed by atoms with van der Waals surface area (Å²) in [4.78, 5) is 31.3. The van der Waals surface area contributed by atoms with Gasteiger partial charge in [-0.1, -0.05) is 60.1 Å². The fourth-order valence-electron chi connectivity index (χ4n) is 4.09. The van der Waals surface area contributed by atoms with Gasteiger partial charge in [0.15, 0.2) is 0 Å². The van der Waals surface area contributed by atoms with E-state index in [1.54, 1.807) is 11.8 Å². The maximum absolute atomic E-state index is 13.4. The summed E-state index contributed by atoms with van der Waals surface area (Å²) in [7, 11) is 0. The Bertz CT molecular complexity index is 1080. The van der Waals surface area contributed by atoms with E-state index in [0.717, 1.165) is 16.5 Å². The van der Waals surface area contributed by atoms with Crippen molar-refractivity contribution in [3.05, 3.63) is 76.9 Å². The van der Waals surface area contributed by atoms with Crippen molar-refractivity contribution in [2.45, 2.75) is 31.8 Å². The molecule has 6 heteroatoms. The second kappa shape index (κ2) is 8.44. The number of amides is 1. The highest BCUT2D eigenvalue weighted by molar-refractivity contribution is 6.30. The molecule has 2 aromatic carbocycles. The highest BCUT2D eigenvalue weighted by Crippen LogP contribution is 2.37. The van der Waals surface area contributed by atoms with Gasteiger partial charge < -0.3 is 9.64 Å². The van der Waals surface area contributed by atoms with Crippen LogP contribution in [0.1, 0.15) is 30.9 Å². The first kappa shape index (κ1) is 20.4. The van der Waals surface area contributed by atoms with E-state index in [1.165, 1.54) is 0 Å². The van der Waals surface area contributed by atoms with Crippen LogP contribution in [0, 0.1) is 0 Å². The highest BCUT2D eigenvalue weighted by Gasteiger charge is 2.44. The molecule has 0 atom stereocenters. The molecule has 5 nitrogen and oxygen atoms in total. The number of halogens is 1. The summed E-state index contributed by atoms with van der Waals surface area (Å²) in [5.41, 5.74) is 1.62. The number of rotatable bonds is 4. The van der Waals surface area contributed by atoms with E-state index in [1.807, 2.05) is 60.7 Å². The normalized spacial score (nSPS) is 15.7. The van der Waals surface area contributed by atoms with Gasteiger partial charge in [0.25, 0.3) is 0 Å². The molecular formula is C24H23ClN2O3. The molecule has 30 heavy (non-hydrogen) atoms. The number of aromatic nitrogens is 1. The Kier molecular flexibility index (Phi) is 5.73. The van der Waals surface area contributed by atoms with Gasteiger partial charge in [0.05, 0.1) is 10.9 Å². The number of hydrogen-bond acceptors (Lipinski definition) is 4.